The van der Waals surface area contributed by atoms with Crippen molar-refractivity contribution in [1.82, 2.24) is 9.88 Å². The first-order chi connectivity index (χ1) is 12.7. The number of aromatic nitrogens is 1. The third-order valence-corrected chi connectivity index (χ3v) is 5.46. The van der Waals surface area contributed by atoms with E-state index >= 15 is 0 Å². The topological polar surface area (TPSA) is 117 Å². The largest absolute Gasteiger partial charge is 0.480 e. The van der Waals surface area contributed by atoms with Gasteiger partial charge in [-0.15, -0.1) is 0 Å². The molecule has 0 aliphatic carbocycles. The molecule has 1 aromatic carbocycles. The highest BCUT2D eigenvalue weighted by Crippen LogP contribution is 2.37. The molecule has 0 radical (unpaired) electrons. The quantitative estimate of drug-likeness (QED) is 0.338. The second-order valence-electron chi connectivity index (χ2n) is 6.26. The summed E-state index contributed by atoms with van der Waals surface area (Å²) >= 11 is 6.13. The average molecular weight is 405 g/mol. The summed E-state index contributed by atoms with van der Waals surface area (Å²) in [5, 5.41) is 20.7. The van der Waals surface area contributed by atoms with Crippen LogP contribution in [0.1, 0.15) is 31.0 Å². The normalized spacial score (nSPS) is 16.1. The molecule has 2 aromatic rings. The average Bonchev–Trinajstić information content (AvgIpc) is 3.07. The van der Waals surface area contributed by atoms with Gasteiger partial charge in [0, 0.05) is 34.3 Å². The van der Waals surface area contributed by atoms with Gasteiger partial charge in [-0.25, -0.2) is 0 Å². The van der Waals surface area contributed by atoms with E-state index in [1.54, 1.807) is 12.1 Å². The van der Waals surface area contributed by atoms with E-state index in [1.807, 2.05) is 13.8 Å². The number of aromatic amines is 1. The van der Waals surface area contributed by atoms with Crippen molar-refractivity contribution < 1.29 is 19.6 Å². The Kier molecular flexibility index (Phi) is 5.03. The number of thiocarbonyl (C=S) groups is 1. The second kappa shape index (κ2) is 7.12. The molecular formula is C17H15N3O5S2. The van der Waals surface area contributed by atoms with E-state index in [4.69, 9.17) is 17.3 Å². The van der Waals surface area contributed by atoms with Gasteiger partial charge in [-0.2, -0.15) is 0 Å². The van der Waals surface area contributed by atoms with E-state index in [2.05, 4.69) is 4.98 Å². The van der Waals surface area contributed by atoms with Crippen LogP contribution < -0.4 is 0 Å². The number of nitrogens with zero attached hydrogens (tertiary/aromatic N) is 2. The lowest BCUT2D eigenvalue weighted by molar-refractivity contribution is -0.384. The van der Waals surface area contributed by atoms with E-state index in [-0.39, 0.29) is 20.8 Å². The number of thioether (sulfide) groups is 1. The number of H-pyrrole nitrogens is 1. The van der Waals surface area contributed by atoms with Crippen molar-refractivity contribution in [1.29, 1.82) is 0 Å². The zero-order valence-electron chi connectivity index (χ0n) is 14.4. The van der Waals surface area contributed by atoms with Crippen molar-refractivity contribution in [2.45, 2.75) is 19.8 Å². The van der Waals surface area contributed by atoms with Gasteiger partial charge in [-0.3, -0.25) is 24.6 Å². The molecule has 140 valence electrons. The first-order valence-electron chi connectivity index (χ1n) is 7.96. The molecule has 2 heterocycles. The van der Waals surface area contributed by atoms with E-state index < -0.39 is 23.3 Å². The summed E-state index contributed by atoms with van der Waals surface area (Å²) < 4.78 is 0.172. The fourth-order valence-electron chi connectivity index (χ4n) is 2.85. The lowest BCUT2D eigenvalue weighted by Crippen LogP contribution is -2.33. The van der Waals surface area contributed by atoms with Gasteiger partial charge in [-0.1, -0.05) is 37.8 Å². The van der Waals surface area contributed by atoms with Crippen LogP contribution in [0, 0.1) is 10.1 Å². The van der Waals surface area contributed by atoms with Crippen LogP contribution in [-0.2, 0) is 9.59 Å². The lowest BCUT2D eigenvalue weighted by Gasteiger charge is -2.10. The Bertz CT molecular complexity index is 1020. The monoisotopic (exact) mass is 405 g/mol. The molecule has 2 N–H and O–H groups in total. The highest BCUT2D eigenvalue weighted by atomic mass is 32.2. The van der Waals surface area contributed by atoms with Crippen molar-refractivity contribution in [3.63, 3.8) is 0 Å². The first kappa shape index (κ1) is 19.1. The number of hydrogen-bond donors (Lipinski definition) is 2. The summed E-state index contributed by atoms with van der Waals surface area (Å²) in [4.78, 5) is 38.7. The van der Waals surface area contributed by atoms with Gasteiger partial charge in [0.15, 0.2) is 0 Å². The van der Waals surface area contributed by atoms with Crippen LogP contribution in [0.5, 0.6) is 0 Å². The predicted octanol–water partition coefficient (Wildman–Crippen LogP) is 3.49. The van der Waals surface area contributed by atoms with Gasteiger partial charge in [0.1, 0.15) is 10.9 Å². The van der Waals surface area contributed by atoms with Gasteiger partial charge in [0.2, 0.25) is 0 Å². The number of non-ortho nitro benzene ring substituents is 1. The Balaban J connectivity index is 2.14. The number of fused-ring (bicyclic) bond motifs is 1. The maximum Gasteiger partial charge on any atom is 0.323 e. The van der Waals surface area contributed by atoms with Crippen molar-refractivity contribution in [3.05, 3.63) is 44.5 Å². The molecule has 27 heavy (non-hydrogen) atoms. The Hall–Kier alpha value is -2.72. The number of carboxylic acids is 1. The number of carbonyl (C=O) groups is 2. The summed E-state index contributed by atoms with van der Waals surface area (Å²) in [5.74, 6) is -1.56. The van der Waals surface area contributed by atoms with E-state index in [0.717, 1.165) is 27.9 Å². The van der Waals surface area contributed by atoms with Gasteiger partial charge < -0.3 is 10.1 Å². The predicted molar refractivity (Wildman–Crippen MR) is 107 cm³/mol. The zero-order valence-corrected chi connectivity index (χ0v) is 16.0. The standard InChI is InChI=1S/C17H15N3O5S2/c1-8(2)15-11(10-5-9(20(24)25)3-4-12(10)18-15)6-13-16(23)19(7-14(21)22)17(26)27-13/h3-6,8,18H,7H2,1-2H3,(H,21,22)/b13-6-. The van der Waals surface area contributed by atoms with Gasteiger partial charge in [0.25, 0.3) is 11.6 Å². The number of aliphatic carboxylic acids is 1. The molecule has 0 unspecified atom stereocenters. The third-order valence-electron chi connectivity index (χ3n) is 4.08. The summed E-state index contributed by atoms with van der Waals surface area (Å²) in [6.07, 6.45) is 1.62. The maximum atomic E-state index is 12.5. The summed E-state index contributed by atoms with van der Waals surface area (Å²) in [6.45, 7) is 3.43. The smallest absolute Gasteiger partial charge is 0.323 e. The number of benzene rings is 1. The van der Waals surface area contributed by atoms with E-state index in [9.17, 15) is 19.7 Å². The number of carboxylic acid groups (broad SMARTS) is 1. The molecule has 3 rings (SSSR count). The van der Waals surface area contributed by atoms with Crippen molar-refractivity contribution in [3.8, 4) is 0 Å². The van der Waals surface area contributed by atoms with E-state index in [1.165, 1.54) is 12.1 Å². The number of rotatable bonds is 5. The van der Waals surface area contributed by atoms with Crippen LogP contribution in [0.15, 0.2) is 23.1 Å². The number of nitro groups is 1. The Labute approximate surface area is 163 Å². The Morgan fingerprint density at radius 3 is 2.78 bits per heavy atom. The van der Waals surface area contributed by atoms with Crippen molar-refractivity contribution in [2.24, 2.45) is 0 Å². The highest BCUT2D eigenvalue weighted by Gasteiger charge is 2.34. The molecule has 0 atom stereocenters. The fraction of sp³-hybridized carbons (Fsp3) is 0.235. The first-order valence-corrected chi connectivity index (χ1v) is 9.18. The lowest BCUT2D eigenvalue weighted by atomic mass is 10.0. The number of nitro benzene ring substituents is 1. The SMILES string of the molecule is CC(C)c1[nH]c2ccc([N+](=O)[O-])cc2c1/C=C1\SC(=S)N(CC(=O)O)C1=O. The zero-order chi connectivity index (χ0) is 19.9. The fourth-order valence-corrected chi connectivity index (χ4v) is 4.09. The molecule has 1 aromatic heterocycles. The van der Waals surface area contributed by atoms with Crippen LogP contribution in [0.2, 0.25) is 0 Å². The molecule has 1 aliphatic heterocycles. The van der Waals surface area contributed by atoms with Gasteiger partial charge >= 0.3 is 5.97 Å². The third kappa shape index (κ3) is 3.58. The maximum absolute atomic E-state index is 12.5. The molecule has 8 nitrogen and oxygen atoms in total. The number of nitrogens with one attached hydrogen (secondary N) is 1. The minimum absolute atomic E-state index is 0.0510. The molecular weight excluding hydrogens is 390 g/mol. The van der Waals surface area contributed by atoms with Crippen molar-refractivity contribution >= 4 is 62.8 Å². The summed E-state index contributed by atoms with van der Waals surface area (Å²) in [7, 11) is 0. The molecule has 0 spiro atoms. The Morgan fingerprint density at radius 2 is 2.19 bits per heavy atom. The van der Waals surface area contributed by atoms with Crippen LogP contribution in [-0.4, -0.2) is 42.7 Å². The minimum atomic E-state index is -1.15. The summed E-state index contributed by atoms with van der Waals surface area (Å²) in [5.41, 5.74) is 2.16. The highest BCUT2D eigenvalue weighted by molar-refractivity contribution is 8.26. The van der Waals surface area contributed by atoms with Crippen LogP contribution in [0.25, 0.3) is 17.0 Å². The molecule has 10 heteroatoms. The molecule has 0 bridgehead atoms. The van der Waals surface area contributed by atoms with Gasteiger partial charge in [0.05, 0.1) is 9.83 Å². The number of hydrogen-bond acceptors (Lipinski definition) is 6. The van der Waals surface area contributed by atoms with Gasteiger partial charge in [-0.05, 0) is 18.1 Å². The van der Waals surface area contributed by atoms with E-state index in [0.29, 0.717) is 10.9 Å². The van der Waals surface area contributed by atoms with Crippen LogP contribution in [0.4, 0.5) is 5.69 Å². The molecule has 1 fully saturated rings. The number of carbonyl (C=O) groups excluding carboxylic acids is 1. The summed E-state index contributed by atoms with van der Waals surface area (Å²) in [6, 6.07) is 4.51. The number of amides is 1. The van der Waals surface area contributed by atoms with Crippen LogP contribution >= 0.6 is 24.0 Å². The second-order valence-corrected chi connectivity index (χ2v) is 7.93. The minimum Gasteiger partial charge on any atom is -0.480 e. The molecule has 0 saturated carbocycles. The molecule has 1 amide bonds. The molecule has 1 aliphatic rings. The molecule has 1 saturated heterocycles. The van der Waals surface area contributed by atoms with Crippen LogP contribution in [0.3, 0.4) is 0 Å². The van der Waals surface area contributed by atoms with Crippen molar-refractivity contribution in [2.75, 3.05) is 6.54 Å². The Morgan fingerprint density at radius 1 is 1.48 bits per heavy atom.